The van der Waals surface area contributed by atoms with Crippen molar-refractivity contribution in [1.82, 2.24) is 10.3 Å². The molecule has 0 radical (unpaired) electrons. The molecule has 1 aromatic heterocycles. The van der Waals surface area contributed by atoms with Crippen molar-refractivity contribution in [2.24, 2.45) is 5.41 Å². The molecule has 0 aliphatic carbocycles. The summed E-state index contributed by atoms with van der Waals surface area (Å²) < 4.78 is 0. The molecule has 3 N–H and O–H groups in total. The summed E-state index contributed by atoms with van der Waals surface area (Å²) in [5, 5.41) is 13.0. The average molecular weight is 260 g/mol. The highest BCUT2D eigenvalue weighted by Crippen LogP contribution is 2.22. The number of para-hydroxylation sites is 1. The molecule has 0 saturated heterocycles. The second-order valence-corrected chi connectivity index (χ2v) is 5.68. The van der Waals surface area contributed by atoms with Crippen LogP contribution in [0.25, 0.3) is 10.9 Å². The van der Waals surface area contributed by atoms with Crippen LogP contribution in [-0.2, 0) is 0 Å². The summed E-state index contributed by atoms with van der Waals surface area (Å²) in [4.78, 5) is 15.5. The van der Waals surface area contributed by atoms with E-state index in [4.69, 9.17) is 0 Å². The van der Waals surface area contributed by atoms with Crippen molar-refractivity contribution < 1.29 is 9.90 Å². The first-order chi connectivity index (χ1) is 8.94. The highest BCUT2D eigenvalue weighted by atomic mass is 16.3. The van der Waals surface area contributed by atoms with Crippen LogP contribution in [0.1, 0.15) is 29.9 Å². The van der Waals surface area contributed by atoms with E-state index in [1.807, 2.05) is 45.0 Å². The third-order valence-corrected chi connectivity index (χ3v) is 3.28. The van der Waals surface area contributed by atoms with Crippen molar-refractivity contribution in [3.8, 4) is 0 Å². The van der Waals surface area contributed by atoms with Crippen molar-refractivity contribution in [2.45, 2.75) is 20.8 Å². The SMILES string of the molecule is Cc1[nH]c2ccccc2c1C(=O)NCC(C)(C)CO. The summed E-state index contributed by atoms with van der Waals surface area (Å²) in [5.74, 6) is -0.100. The predicted molar refractivity (Wildman–Crippen MR) is 76.2 cm³/mol. The molecule has 2 rings (SSSR count). The summed E-state index contributed by atoms with van der Waals surface area (Å²) in [6.45, 7) is 6.21. The monoisotopic (exact) mass is 260 g/mol. The Morgan fingerprint density at radius 2 is 2.05 bits per heavy atom. The number of benzene rings is 1. The molecule has 0 spiro atoms. The zero-order chi connectivity index (χ0) is 14.0. The van der Waals surface area contributed by atoms with Crippen LogP contribution in [0.5, 0.6) is 0 Å². The molecule has 0 fully saturated rings. The Bertz CT molecular complexity index is 599. The van der Waals surface area contributed by atoms with Gasteiger partial charge in [-0.2, -0.15) is 0 Å². The third kappa shape index (κ3) is 2.79. The highest BCUT2D eigenvalue weighted by molar-refractivity contribution is 6.08. The number of amides is 1. The number of hydrogen-bond donors (Lipinski definition) is 3. The van der Waals surface area contributed by atoms with E-state index in [-0.39, 0.29) is 17.9 Å². The number of aromatic amines is 1. The van der Waals surface area contributed by atoms with E-state index in [1.165, 1.54) is 0 Å². The topological polar surface area (TPSA) is 65.1 Å². The number of aromatic nitrogens is 1. The maximum Gasteiger partial charge on any atom is 0.253 e. The minimum Gasteiger partial charge on any atom is -0.396 e. The van der Waals surface area contributed by atoms with E-state index >= 15 is 0 Å². The van der Waals surface area contributed by atoms with Crippen LogP contribution in [0.4, 0.5) is 0 Å². The van der Waals surface area contributed by atoms with Gasteiger partial charge in [0.15, 0.2) is 0 Å². The van der Waals surface area contributed by atoms with Crippen molar-refractivity contribution in [3.05, 3.63) is 35.5 Å². The van der Waals surface area contributed by atoms with Gasteiger partial charge in [-0.3, -0.25) is 4.79 Å². The number of rotatable bonds is 4. The van der Waals surface area contributed by atoms with Crippen LogP contribution >= 0.6 is 0 Å². The number of aliphatic hydroxyl groups excluding tert-OH is 1. The number of aryl methyl sites for hydroxylation is 1. The minimum absolute atomic E-state index is 0.0418. The van der Waals surface area contributed by atoms with E-state index < -0.39 is 0 Å². The molecule has 0 bridgehead atoms. The summed E-state index contributed by atoms with van der Waals surface area (Å²) in [6.07, 6.45) is 0. The first kappa shape index (κ1) is 13.6. The van der Waals surface area contributed by atoms with Crippen molar-refractivity contribution in [1.29, 1.82) is 0 Å². The zero-order valence-corrected chi connectivity index (χ0v) is 11.6. The smallest absolute Gasteiger partial charge is 0.253 e. The molecule has 19 heavy (non-hydrogen) atoms. The van der Waals surface area contributed by atoms with Crippen molar-refractivity contribution in [3.63, 3.8) is 0 Å². The molecule has 0 aliphatic rings. The number of fused-ring (bicyclic) bond motifs is 1. The number of carbonyl (C=O) groups is 1. The van der Waals surface area contributed by atoms with Gasteiger partial charge in [-0.1, -0.05) is 32.0 Å². The lowest BCUT2D eigenvalue weighted by atomic mass is 9.95. The van der Waals surface area contributed by atoms with E-state index in [0.29, 0.717) is 12.1 Å². The summed E-state index contributed by atoms with van der Waals surface area (Å²) in [5.41, 5.74) is 2.20. The van der Waals surface area contributed by atoms with Gasteiger partial charge in [0.1, 0.15) is 0 Å². The lowest BCUT2D eigenvalue weighted by molar-refractivity contribution is 0.0912. The van der Waals surface area contributed by atoms with Crippen molar-refractivity contribution >= 4 is 16.8 Å². The molecule has 1 heterocycles. The van der Waals surface area contributed by atoms with Crippen LogP contribution in [0, 0.1) is 12.3 Å². The van der Waals surface area contributed by atoms with Gasteiger partial charge in [0.2, 0.25) is 0 Å². The molecule has 4 nitrogen and oxygen atoms in total. The van der Waals surface area contributed by atoms with Gasteiger partial charge in [0.25, 0.3) is 5.91 Å². The molecule has 4 heteroatoms. The van der Waals surface area contributed by atoms with Gasteiger partial charge in [0.05, 0.1) is 5.56 Å². The fraction of sp³-hybridized carbons (Fsp3) is 0.400. The number of hydrogen-bond acceptors (Lipinski definition) is 2. The fourth-order valence-electron chi connectivity index (χ4n) is 2.03. The largest absolute Gasteiger partial charge is 0.396 e. The van der Waals surface area contributed by atoms with Crippen LogP contribution in [-0.4, -0.2) is 29.1 Å². The van der Waals surface area contributed by atoms with Gasteiger partial charge in [0, 0.05) is 35.2 Å². The molecule has 0 aliphatic heterocycles. The molecule has 1 aromatic carbocycles. The van der Waals surface area contributed by atoms with Crippen LogP contribution in [0.3, 0.4) is 0 Å². The molecule has 2 aromatic rings. The number of H-pyrrole nitrogens is 1. The molecule has 1 amide bonds. The minimum atomic E-state index is -0.310. The van der Waals surface area contributed by atoms with Gasteiger partial charge < -0.3 is 15.4 Å². The van der Waals surface area contributed by atoms with E-state index in [2.05, 4.69) is 10.3 Å². The van der Waals surface area contributed by atoms with E-state index in [9.17, 15) is 9.90 Å². The summed E-state index contributed by atoms with van der Waals surface area (Å²) >= 11 is 0. The molecular weight excluding hydrogens is 240 g/mol. The second kappa shape index (κ2) is 5.05. The lowest BCUT2D eigenvalue weighted by Crippen LogP contribution is -2.36. The average Bonchev–Trinajstić information content (AvgIpc) is 2.72. The summed E-state index contributed by atoms with van der Waals surface area (Å²) in [6, 6.07) is 7.75. The molecule has 0 unspecified atom stereocenters. The van der Waals surface area contributed by atoms with Crippen LogP contribution in [0.2, 0.25) is 0 Å². The quantitative estimate of drug-likeness (QED) is 0.789. The standard InChI is InChI=1S/C15H20N2O2/c1-10-13(11-6-4-5-7-12(11)17-10)14(19)16-8-15(2,3)9-18/h4-7,17-18H,8-9H2,1-3H3,(H,16,19). The van der Waals surface area contributed by atoms with E-state index in [1.54, 1.807) is 0 Å². The zero-order valence-electron chi connectivity index (χ0n) is 11.6. The van der Waals surface area contributed by atoms with Crippen molar-refractivity contribution in [2.75, 3.05) is 13.2 Å². The highest BCUT2D eigenvalue weighted by Gasteiger charge is 2.20. The normalized spacial score (nSPS) is 11.8. The van der Waals surface area contributed by atoms with Gasteiger partial charge in [-0.25, -0.2) is 0 Å². The third-order valence-electron chi connectivity index (χ3n) is 3.28. The Labute approximate surface area is 112 Å². The maximum absolute atomic E-state index is 12.3. The predicted octanol–water partition coefficient (Wildman–Crippen LogP) is 2.22. The molecule has 0 saturated carbocycles. The number of nitrogens with one attached hydrogen (secondary N) is 2. The fourth-order valence-corrected chi connectivity index (χ4v) is 2.03. The Kier molecular flexibility index (Phi) is 3.62. The lowest BCUT2D eigenvalue weighted by Gasteiger charge is -2.21. The molecular formula is C15H20N2O2. The number of carbonyl (C=O) groups excluding carboxylic acids is 1. The van der Waals surface area contributed by atoms with Crippen LogP contribution < -0.4 is 5.32 Å². The van der Waals surface area contributed by atoms with Gasteiger partial charge in [-0.05, 0) is 13.0 Å². The number of aliphatic hydroxyl groups is 1. The Hall–Kier alpha value is -1.81. The first-order valence-electron chi connectivity index (χ1n) is 6.41. The van der Waals surface area contributed by atoms with Crippen LogP contribution in [0.15, 0.2) is 24.3 Å². The van der Waals surface area contributed by atoms with E-state index in [0.717, 1.165) is 16.6 Å². The Morgan fingerprint density at radius 3 is 2.74 bits per heavy atom. The first-order valence-corrected chi connectivity index (χ1v) is 6.41. The summed E-state index contributed by atoms with van der Waals surface area (Å²) in [7, 11) is 0. The Balaban J connectivity index is 2.24. The Morgan fingerprint density at radius 1 is 1.37 bits per heavy atom. The van der Waals surface area contributed by atoms with Gasteiger partial charge in [-0.15, -0.1) is 0 Å². The maximum atomic E-state index is 12.3. The van der Waals surface area contributed by atoms with Gasteiger partial charge >= 0.3 is 0 Å². The second-order valence-electron chi connectivity index (χ2n) is 5.68. The molecule has 102 valence electrons. The molecule has 0 atom stereocenters.